The Kier molecular flexibility index (Phi) is 5.00. The predicted octanol–water partition coefficient (Wildman–Crippen LogP) is 3.00. The van der Waals surface area contributed by atoms with Crippen LogP contribution in [0.4, 0.5) is 14.6 Å². The predicted molar refractivity (Wildman–Crippen MR) is 130 cm³/mol. The van der Waals surface area contributed by atoms with Crippen molar-refractivity contribution in [2.45, 2.75) is 24.9 Å². The van der Waals surface area contributed by atoms with Crippen molar-refractivity contribution in [3.8, 4) is 11.3 Å². The van der Waals surface area contributed by atoms with Crippen molar-refractivity contribution in [2.75, 3.05) is 37.6 Å². The molecular formula is C26H26F2N8. The van der Waals surface area contributed by atoms with Crippen molar-refractivity contribution in [3.63, 3.8) is 0 Å². The average Bonchev–Trinajstić information content (AvgIpc) is 3.28. The summed E-state index contributed by atoms with van der Waals surface area (Å²) in [5.74, 6) is 0.244. The van der Waals surface area contributed by atoms with Crippen LogP contribution in [0.5, 0.6) is 0 Å². The first kappa shape index (κ1) is 21.8. The van der Waals surface area contributed by atoms with Gasteiger partial charge < -0.3 is 10.2 Å². The van der Waals surface area contributed by atoms with Gasteiger partial charge in [-0.15, -0.1) is 0 Å². The molecule has 2 saturated heterocycles. The van der Waals surface area contributed by atoms with Crippen LogP contribution in [0.2, 0.25) is 0 Å². The number of nitrogens with one attached hydrogen (secondary N) is 1. The molecule has 0 bridgehead atoms. The van der Waals surface area contributed by atoms with Crippen LogP contribution in [-0.2, 0) is 12.1 Å². The third-order valence-electron chi connectivity index (χ3n) is 7.86. The van der Waals surface area contributed by atoms with Gasteiger partial charge in [-0.25, -0.2) is 18.3 Å². The standard InChI is InChI=1S/C26H26F2N8/c27-18-1-2-22(28)21(11-18)26-12-17(26)3-7-35(26)24-4-8-36-25(33-24)20(14-32-36)23-15-30-19(13-31-23)16-34-9-5-29-6-10-34/h1-2,4,8,11,13-15,17,29H,3,5-7,9-10,12,16H2/t17-,26+/m0/s1. The second-order valence-corrected chi connectivity index (χ2v) is 9.92. The highest BCUT2D eigenvalue weighted by molar-refractivity contribution is 5.75. The SMILES string of the molecule is Fc1ccc(F)c([C@@]23C[C@@H]2CCN3c2ccn3ncc(-c4cnc(CN5CCNCC5)cn4)c3n2)c1. The van der Waals surface area contributed by atoms with Gasteiger partial charge in [-0.05, 0) is 43.0 Å². The number of halogens is 2. The number of nitrogens with zero attached hydrogens (tertiary/aromatic N) is 7. The fraction of sp³-hybridized carbons (Fsp3) is 0.385. The molecule has 184 valence electrons. The highest BCUT2D eigenvalue weighted by Gasteiger charge is 2.64. The van der Waals surface area contributed by atoms with E-state index in [1.165, 1.54) is 18.2 Å². The van der Waals surface area contributed by atoms with Gasteiger partial charge in [0.25, 0.3) is 0 Å². The average molecular weight is 489 g/mol. The maximum Gasteiger partial charge on any atom is 0.166 e. The summed E-state index contributed by atoms with van der Waals surface area (Å²) >= 11 is 0. The zero-order valence-electron chi connectivity index (χ0n) is 19.7. The number of rotatable bonds is 5. The molecule has 3 aromatic heterocycles. The molecule has 3 aliphatic rings. The Hall–Kier alpha value is -3.50. The smallest absolute Gasteiger partial charge is 0.166 e. The molecule has 2 aliphatic heterocycles. The van der Waals surface area contributed by atoms with E-state index in [9.17, 15) is 8.78 Å². The molecule has 36 heavy (non-hydrogen) atoms. The largest absolute Gasteiger partial charge is 0.346 e. The molecule has 1 aromatic carbocycles. The zero-order valence-corrected chi connectivity index (χ0v) is 19.7. The van der Waals surface area contributed by atoms with E-state index in [-0.39, 0.29) is 5.82 Å². The second kappa shape index (κ2) is 8.28. The van der Waals surface area contributed by atoms with Gasteiger partial charge in [0.15, 0.2) is 5.65 Å². The van der Waals surface area contributed by atoms with E-state index < -0.39 is 11.4 Å². The van der Waals surface area contributed by atoms with Crippen LogP contribution in [0, 0.1) is 17.6 Å². The molecule has 5 heterocycles. The Bertz CT molecular complexity index is 1430. The van der Waals surface area contributed by atoms with Gasteiger partial charge in [0.2, 0.25) is 0 Å². The molecule has 8 nitrogen and oxygen atoms in total. The van der Waals surface area contributed by atoms with Gasteiger partial charge in [0.05, 0.1) is 41.1 Å². The number of piperazine rings is 1. The van der Waals surface area contributed by atoms with Gasteiger partial charge in [0, 0.05) is 51.0 Å². The molecule has 4 aromatic rings. The summed E-state index contributed by atoms with van der Waals surface area (Å²) in [6.45, 7) is 5.51. The first-order valence-corrected chi connectivity index (χ1v) is 12.4. The molecule has 10 heteroatoms. The number of piperidine rings is 1. The van der Waals surface area contributed by atoms with E-state index in [0.29, 0.717) is 22.8 Å². The normalized spacial score (nSPS) is 23.8. The summed E-state index contributed by atoms with van der Waals surface area (Å²) in [6.07, 6.45) is 8.93. The van der Waals surface area contributed by atoms with Crippen LogP contribution in [0.3, 0.4) is 0 Å². The van der Waals surface area contributed by atoms with Crippen LogP contribution in [-0.4, -0.2) is 62.2 Å². The van der Waals surface area contributed by atoms with E-state index in [0.717, 1.165) is 69.2 Å². The number of hydrogen-bond donors (Lipinski definition) is 1. The number of fused-ring (bicyclic) bond motifs is 2. The van der Waals surface area contributed by atoms with Gasteiger partial charge >= 0.3 is 0 Å². The Labute approximate surface area is 207 Å². The lowest BCUT2D eigenvalue weighted by Crippen LogP contribution is -2.43. The molecular weight excluding hydrogens is 462 g/mol. The lowest BCUT2D eigenvalue weighted by atomic mass is 10.0. The minimum Gasteiger partial charge on any atom is -0.346 e. The lowest BCUT2D eigenvalue weighted by Gasteiger charge is -2.30. The highest BCUT2D eigenvalue weighted by Crippen LogP contribution is 2.63. The summed E-state index contributed by atoms with van der Waals surface area (Å²) in [5, 5.41) is 7.81. The summed E-state index contributed by atoms with van der Waals surface area (Å²) in [7, 11) is 0. The number of hydrogen-bond acceptors (Lipinski definition) is 7. The first-order chi connectivity index (χ1) is 17.6. The highest BCUT2D eigenvalue weighted by atomic mass is 19.1. The molecule has 0 radical (unpaired) electrons. The topological polar surface area (TPSA) is 74.5 Å². The maximum atomic E-state index is 14.8. The molecule has 0 unspecified atom stereocenters. The second-order valence-electron chi connectivity index (χ2n) is 9.92. The van der Waals surface area contributed by atoms with Crippen molar-refractivity contribution < 1.29 is 8.78 Å². The summed E-state index contributed by atoms with van der Waals surface area (Å²) in [4.78, 5) is 18.7. The number of benzene rings is 1. The van der Waals surface area contributed by atoms with Crippen molar-refractivity contribution in [3.05, 3.63) is 71.9 Å². The molecule has 1 N–H and O–H groups in total. The van der Waals surface area contributed by atoms with Crippen LogP contribution in [0.15, 0.2) is 49.1 Å². The summed E-state index contributed by atoms with van der Waals surface area (Å²) in [5.41, 5.74) is 2.97. The molecule has 1 aliphatic carbocycles. The van der Waals surface area contributed by atoms with Gasteiger partial charge in [-0.2, -0.15) is 5.10 Å². The van der Waals surface area contributed by atoms with E-state index in [4.69, 9.17) is 4.98 Å². The molecule has 1 saturated carbocycles. The molecule has 7 rings (SSSR count). The van der Waals surface area contributed by atoms with E-state index >= 15 is 0 Å². The third-order valence-corrected chi connectivity index (χ3v) is 7.86. The minimum absolute atomic E-state index is 0.297. The Balaban J connectivity index is 1.20. The Morgan fingerprint density at radius 3 is 2.72 bits per heavy atom. The molecule has 2 atom stereocenters. The zero-order chi connectivity index (χ0) is 24.3. The van der Waals surface area contributed by atoms with Crippen LogP contribution in [0.25, 0.3) is 16.9 Å². The quantitative estimate of drug-likeness (QED) is 0.463. The molecule has 3 fully saturated rings. The van der Waals surface area contributed by atoms with Crippen LogP contribution in [0.1, 0.15) is 24.1 Å². The Morgan fingerprint density at radius 2 is 1.92 bits per heavy atom. The van der Waals surface area contributed by atoms with Gasteiger partial charge in [-0.1, -0.05) is 0 Å². The molecule has 0 amide bonds. The number of aromatic nitrogens is 5. The first-order valence-electron chi connectivity index (χ1n) is 12.4. The number of anilines is 1. The van der Waals surface area contributed by atoms with Crippen molar-refractivity contribution in [1.29, 1.82) is 0 Å². The summed E-state index contributed by atoms with van der Waals surface area (Å²) < 4.78 is 30.6. The fourth-order valence-corrected chi connectivity index (χ4v) is 5.96. The van der Waals surface area contributed by atoms with E-state index in [2.05, 4.69) is 30.2 Å². The van der Waals surface area contributed by atoms with E-state index in [1.807, 2.05) is 18.5 Å². The van der Waals surface area contributed by atoms with Gasteiger partial charge in [0.1, 0.15) is 17.5 Å². The fourth-order valence-electron chi connectivity index (χ4n) is 5.96. The third kappa shape index (κ3) is 3.47. The minimum atomic E-state index is -0.539. The molecule has 0 spiro atoms. The lowest BCUT2D eigenvalue weighted by molar-refractivity contribution is 0.230. The Morgan fingerprint density at radius 1 is 1.03 bits per heavy atom. The monoisotopic (exact) mass is 488 g/mol. The maximum absolute atomic E-state index is 14.8. The van der Waals surface area contributed by atoms with Crippen molar-refractivity contribution in [1.82, 2.24) is 34.8 Å². The van der Waals surface area contributed by atoms with Crippen LogP contribution < -0.4 is 10.2 Å². The van der Waals surface area contributed by atoms with Crippen LogP contribution >= 0.6 is 0 Å². The van der Waals surface area contributed by atoms with Gasteiger partial charge in [-0.3, -0.25) is 14.9 Å². The van der Waals surface area contributed by atoms with Crippen molar-refractivity contribution in [2.24, 2.45) is 5.92 Å². The summed E-state index contributed by atoms with van der Waals surface area (Å²) in [6, 6.07) is 5.63. The van der Waals surface area contributed by atoms with Crippen molar-refractivity contribution >= 4 is 11.5 Å². The van der Waals surface area contributed by atoms with E-state index in [1.54, 1.807) is 16.9 Å².